The number of sulfonamides is 1. The first kappa shape index (κ1) is 30.2. The van der Waals surface area contributed by atoms with E-state index in [1.807, 2.05) is 24.3 Å². The zero-order valence-electron chi connectivity index (χ0n) is 24.5. The van der Waals surface area contributed by atoms with Crippen molar-refractivity contribution in [2.24, 2.45) is 11.8 Å². The van der Waals surface area contributed by atoms with E-state index in [-0.39, 0.29) is 12.0 Å². The van der Waals surface area contributed by atoms with Crippen molar-refractivity contribution >= 4 is 16.0 Å². The molecule has 3 fully saturated rings. The number of likely N-dealkylation sites (tertiary alicyclic amines) is 2. The number of aliphatic carboxylic acids is 1. The highest BCUT2D eigenvalue weighted by molar-refractivity contribution is 7.88. The number of benzene rings is 2. The van der Waals surface area contributed by atoms with E-state index >= 15 is 0 Å². The van der Waals surface area contributed by atoms with Crippen LogP contribution in [0.2, 0.25) is 0 Å². The van der Waals surface area contributed by atoms with Crippen molar-refractivity contribution in [1.29, 1.82) is 0 Å². The average Bonchev–Trinajstić information content (AvgIpc) is 3.37. The lowest BCUT2D eigenvalue weighted by molar-refractivity contribution is -0.145. The smallest absolute Gasteiger partial charge is 0.321 e. The molecule has 3 aliphatic rings. The standard InChI is InChI=1S/C33H47N3O4S/c1-41(39,40)36(22-17-26-11-5-2-6-12-26)30-18-20-34(21-19-30)23-29-24-35(25-31(29)27-13-7-3-8-14-27)32(33(37)38)28-15-9-4-10-16-28/h2-3,5-8,11-14,28-32H,4,9-10,15-25H2,1H3,(H,37,38)/t29-,31+,32+/m0/s1. The number of rotatable bonds is 11. The van der Waals surface area contributed by atoms with Crippen molar-refractivity contribution in [3.05, 3.63) is 71.8 Å². The van der Waals surface area contributed by atoms with Crippen molar-refractivity contribution in [2.75, 3.05) is 45.5 Å². The number of carboxylic acids is 1. The molecule has 0 bridgehead atoms. The maximum absolute atomic E-state index is 12.8. The Bertz CT molecular complexity index is 1210. The van der Waals surface area contributed by atoms with Crippen LogP contribution in [0.1, 0.15) is 62.0 Å². The highest BCUT2D eigenvalue weighted by atomic mass is 32.2. The van der Waals surface area contributed by atoms with Gasteiger partial charge in [0.1, 0.15) is 6.04 Å². The topological polar surface area (TPSA) is 81.2 Å². The molecule has 224 valence electrons. The molecule has 2 aromatic carbocycles. The van der Waals surface area contributed by atoms with Crippen molar-refractivity contribution in [2.45, 2.75) is 69.4 Å². The van der Waals surface area contributed by atoms with Crippen LogP contribution in [0.5, 0.6) is 0 Å². The summed E-state index contributed by atoms with van der Waals surface area (Å²) in [5, 5.41) is 10.3. The van der Waals surface area contributed by atoms with Gasteiger partial charge in [-0.05, 0) is 68.2 Å². The summed E-state index contributed by atoms with van der Waals surface area (Å²) in [6.07, 6.45) is 9.24. The van der Waals surface area contributed by atoms with Crippen LogP contribution in [0, 0.1) is 11.8 Å². The minimum atomic E-state index is -3.30. The normalized spacial score (nSPS) is 24.5. The van der Waals surface area contributed by atoms with Crippen LogP contribution in [0.3, 0.4) is 0 Å². The van der Waals surface area contributed by atoms with Gasteiger partial charge in [-0.15, -0.1) is 0 Å². The van der Waals surface area contributed by atoms with Gasteiger partial charge in [0, 0.05) is 38.1 Å². The van der Waals surface area contributed by atoms with Gasteiger partial charge in [0.25, 0.3) is 0 Å². The number of piperidine rings is 1. The lowest BCUT2D eigenvalue weighted by Crippen LogP contribution is -2.49. The van der Waals surface area contributed by atoms with Gasteiger partial charge in [-0.1, -0.05) is 79.9 Å². The summed E-state index contributed by atoms with van der Waals surface area (Å²) in [6, 6.07) is 20.3. The van der Waals surface area contributed by atoms with E-state index in [9.17, 15) is 18.3 Å². The molecule has 2 aromatic rings. The third kappa shape index (κ3) is 7.78. The molecule has 2 aliphatic heterocycles. The molecule has 8 heteroatoms. The highest BCUT2D eigenvalue weighted by Gasteiger charge is 2.43. The molecular weight excluding hydrogens is 534 g/mol. The molecule has 0 amide bonds. The fourth-order valence-corrected chi connectivity index (χ4v) is 8.90. The summed E-state index contributed by atoms with van der Waals surface area (Å²) in [5.41, 5.74) is 2.45. The summed E-state index contributed by atoms with van der Waals surface area (Å²) in [7, 11) is -3.30. The largest absolute Gasteiger partial charge is 0.480 e. The van der Waals surface area contributed by atoms with E-state index in [4.69, 9.17) is 0 Å². The van der Waals surface area contributed by atoms with Crippen LogP contribution in [0.15, 0.2) is 60.7 Å². The number of hydrogen-bond acceptors (Lipinski definition) is 5. The maximum atomic E-state index is 12.8. The Labute approximate surface area is 246 Å². The van der Waals surface area contributed by atoms with Gasteiger partial charge in [0.05, 0.1) is 6.26 Å². The summed E-state index contributed by atoms with van der Waals surface area (Å²) in [5.74, 6) is 0.229. The molecule has 7 nitrogen and oxygen atoms in total. The predicted octanol–water partition coefficient (Wildman–Crippen LogP) is 4.70. The Kier molecular flexibility index (Phi) is 10.2. The second kappa shape index (κ2) is 13.8. The highest BCUT2D eigenvalue weighted by Crippen LogP contribution is 2.38. The molecule has 1 N–H and O–H groups in total. The van der Waals surface area contributed by atoms with E-state index in [1.54, 1.807) is 4.31 Å². The Hall–Kier alpha value is -2.26. The molecule has 0 unspecified atom stereocenters. The number of carboxylic acid groups (broad SMARTS) is 1. The van der Waals surface area contributed by atoms with Crippen LogP contribution < -0.4 is 0 Å². The fraction of sp³-hybridized carbons (Fsp3) is 0.606. The molecule has 41 heavy (non-hydrogen) atoms. The van der Waals surface area contributed by atoms with Crippen molar-refractivity contribution < 1.29 is 18.3 Å². The third-order valence-corrected chi connectivity index (χ3v) is 11.1. The van der Waals surface area contributed by atoms with Gasteiger partial charge in [0.2, 0.25) is 10.0 Å². The molecule has 1 aliphatic carbocycles. The summed E-state index contributed by atoms with van der Waals surface area (Å²) in [4.78, 5) is 17.3. The Balaban J connectivity index is 1.24. The summed E-state index contributed by atoms with van der Waals surface area (Å²) >= 11 is 0. The number of nitrogens with zero attached hydrogens (tertiary/aromatic N) is 3. The predicted molar refractivity (Wildman–Crippen MR) is 163 cm³/mol. The van der Waals surface area contributed by atoms with Crippen LogP contribution in [0.25, 0.3) is 0 Å². The van der Waals surface area contributed by atoms with Gasteiger partial charge >= 0.3 is 5.97 Å². The van der Waals surface area contributed by atoms with Gasteiger partial charge in [0.15, 0.2) is 0 Å². The zero-order chi connectivity index (χ0) is 28.8. The molecule has 2 heterocycles. The molecule has 3 atom stereocenters. The Morgan fingerprint density at radius 3 is 2.17 bits per heavy atom. The summed E-state index contributed by atoms with van der Waals surface area (Å²) in [6.45, 7) is 4.76. The van der Waals surface area contributed by atoms with Crippen LogP contribution in [0.4, 0.5) is 0 Å². The first-order valence-corrected chi connectivity index (χ1v) is 17.4. The molecule has 2 saturated heterocycles. The first-order chi connectivity index (χ1) is 19.8. The second-order valence-electron chi connectivity index (χ2n) is 12.6. The van der Waals surface area contributed by atoms with E-state index in [0.29, 0.717) is 18.4 Å². The molecule has 0 spiro atoms. The first-order valence-electron chi connectivity index (χ1n) is 15.5. The molecule has 1 saturated carbocycles. The van der Waals surface area contributed by atoms with Crippen molar-refractivity contribution in [1.82, 2.24) is 14.1 Å². The molecule has 0 aromatic heterocycles. The molecular formula is C33H47N3O4S. The fourth-order valence-electron chi connectivity index (χ4n) is 7.73. The van der Waals surface area contributed by atoms with Crippen molar-refractivity contribution in [3.63, 3.8) is 0 Å². The van der Waals surface area contributed by atoms with E-state index in [0.717, 1.165) is 83.2 Å². The van der Waals surface area contributed by atoms with Gasteiger partial charge in [-0.2, -0.15) is 4.31 Å². The van der Waals surface area contributed by atoms with Crippen molar-refractivity contribution in [3.8, 4) is 0 Å². The maximum Gasteiger partial charge on any atom is 0.321 e. The second-order valence-corrected chi connectivity index (χ2v) is 14.5. The van der Waals surface area contributed by atoms with Crippen LogP contribution in [-0.2, 0) is 21.2 Å². The van der Waals surface area contributed by atoms with Gasteiger partial charge in [-0.25, -0.2) is 8.42 Å². The SMILES string of the molecule is CS(=O)(=O)N(CCc1ccccc1)C1CCN(C[C@H]2CN([C@@H](C(=O)O)C3CCCCC3)C[C@@H]2c2ccccc2)CC1. The Morgan fingerprint density at radius 1 is 0.927 bits per heavy atom. The van der Waals surface area contributed by atoms with Gasteiger partial charge in [-0.3, -0.25) is 9.69 Å². The zero-order valence-corrected chi connectivity index (χ0v) is 25.3. The number of carbonyl (C=O) groups is 1. The minimum Gasteiger partial charge on any atom is -0.480 e. The van der Waals surface area contributed by atoms with Crippen LogP contribution >= 0.6 is 0 Å². The van der Waals surface area contributed by atoms with E-state index < -0.39 is 22.0 Å². The van der Waals surface area contributed by atoms with Crippen LogP contribution in [-0.4, -0.2) is 91.2 Å². The third-order valence-electron chi connectivity index (χ3n) is 9.79. The van der Waals surface area contributed by atoms with Gasteiger partial charge < -0.3 is 10.0 Å². The molecule has 0 radical (unpaired) electrons. The van der Waals surface area contributed by atoms with E-state index in [1.165, 1.54) is 18.2 Å². The Morgan fingerprint density at radius 2 is 1.56 bits per heavy atom. The number of hydrogen-bond donors (Lipinski definition) is 1. The lowest BCUT2D eigenvalue weighted by Gasteiger charge is -2.39. The lowest BCUT2D eigenvalue weighted by atomic mass is 9.83. The quantitative estimate of drug-likeness (QED) is 0.414. The summed E-state index contributed by atoms with van der Waals surface area (Å²) < 4.78 is 27.2. The molecule has 5 rings (SSSR count). The average molecular weight is 582 g/mol. The van der Waals surface area contributed by atoms with E-state index in [2.05, 4.69) is 46.2 Å². The minimum absolute atomic E-state index is 0.0256. The monoisotopic (exact) mass is 581 g/mol.